The van der Waals surface area contributed by atoms with E-state index in [0.717, 1.165) is 5.56 Å². The van der Waals surface area contributed by atoms with Gasteiger partial charge in [0.2, 0.25) is 5.60 Å². The van der Waals surface area contributed by atoms with Crippen molar-refractivity contribution < 1.29 is 37.3 Å². The second kappa shape index (κ2) is 10.2. The molecular weight excluding hydrogens is 417 g/mol. The SMILES string of the molecule is COc1ccc(COCC#C[C@](O)([C@@H](CO)O[Si](C)(C)C(C)(C)C)C(F)(F)F)cc1. The standard InChI is InChI=1S/C21H31F3O5Si/c1-19(2,3)30(5,6)29-18(14-25)20(26,21(22,23)24)12-7-13-28-15-16-8-10-17(27-4)11-9-16/h8-11,18,25-26H,13-15H2,1-6H3/t18-,20+/m1/s1. The molecule has 0 aliphatic carbocycles. The number of ether oxygens (including phenoxy) is 2. The lowest BCUT2D eigenvalue weighted by molar-refractivity contribution is -0.265. The van der Waals surface area contributed by atoms with Crippen LogP contribution in [0.25, 0.3) is 0 Å². The molecule has 0 aliphatic heterocycles. The Kier molecular flexibility index (Phi) is 8.96. The minimum Gasteiger partial charge on any atom is -0.497 e. The van der Waals surface area contributed by atoms with Gasteiger partial charge in [-0.2, -0.15) is 13.2 Å². The Morgan fingerprint density at radius 2 is 1.67 bits per heavy atom. The summed E-state index contributed by atoms with van der Waals surface area (Å²) in [4.78, 5) is 0. The quantitative estimate of drug-likeness (QED) is 0.359. The van der Waals surface area contributed by atoms with Gasteiger partial charge in [-0.05, 0) is 35.8 Å². The fourth-order valence-corrected chi connectivity index (χ4v) is 3.54. The predicted molar refractivity (Wildman–Crippen MR) is 111 cm³/mol. The highest BCUT2D eigenvalue weighted by molar-refractivity contribution is 6.74. The first-order valence-corrected chi connectivity index (χ1v) is 12.4. The van der Waals surface area contributed by atoms with Crippen molar-refractivity contribution in [2.45, 2.75) is 63.4 Å². The van der Waals surface area contributed by atoms with Crippen molar-refractivity contribution in [3.8, 4) is 17.6 Å². The Morgan fingerprint density at radius 3 is 2.10 bits per heavy atom. The van der Waals surface area contributed by atoms with Crippen LogP contribution < -0.4 is 4.74 Å². The highest BCUT2D eigenvalue weighted by atomic mass is 28.4. The highest BCUT2D eigenvalue weighted by Crippen LogP contribution is 2.41. The molecule has 2 N–H and O–H groups in total. The lowest BCUT2D eigenvalue weighted by Crippen LogP contribution is -2.60. The van der Waals surface area contributed by atoms with E-state index in [-0.39, 0.29) is 13.2 Å². The number of hydrogen-bond acceptors (Lipinski definition) is 5. The van der Waals surface area contributed by atoms with E-state index in [0.29, 0.717) is 5.75 Å². The van der Waals surface area contributed by atoms with Crippen molar-refractivity contribution in [1.82, 2.24) is 0 Å². The average molecular weight is 449 g/mol. The van der Waals surface area contributed by atoms with E-state index in [1.165, 1.54) is 7.11 Å². The predicted octanol–water partition coefficient (Wildman–Crippen LogP) is 3.89. The maximum Gasteiger partial charge on any atom is 0.431 e. The molecule has 5 nitrogen and oxygen atoms in total. The summed E-state index contributed by atoms with van der Waals surface area (Å²) in [5.41, 5.74) is -2.72. The smallest absolute Gasteiger partial charge is 0.431 e. The molecule has 0 aliphatic rings. The molecule has 0 saturated carbocycles. The van der Waals surface area contributed by atoms with Crippen molar-refractivity contribution in [2.75, 3.05) is 20.3 Å². The number of hydrogen-bond donors (Lipinski definition) is 2. The summed E-state index contributed by atoms with van der Waals surface area (Å²) >= 11 is 0. The molecule has 0 aromatic heterocycles. The largest absolute Gasteiger partial charge is 0.497 e. The molecule has 170 valence electrons. The molecule has 0 fully saturated rings. The van der Waals surface area contributed by atoms with Crippen LogP contribution in [0.1, 0.15) is 26.3 Å². The Hall–Kier alpha value is -1.57. The van der Waals surface area contributed by atoms with Gasteiger partial charge in [-0.3, -0.25) is 0 Å². The Balaban J connectivity index is 2.92. The zero-order valence-electron chi connectivity index (χ0n) is 18.3. The molecule has 0 saturated heterocycles. The summed E-state index contributed by atoms with van der Waals surface area (Å²) in [6, 6.07) is 6.98. The van der Waals surface area contributed by atoms with Crippen LogP contribution in [0.4, 0.5) is 13.2 Å². The summed E-state index contributed by atoms with van der Waals surface area (Å²) in [5, 5.41) is 19.5. The van der Waals surface area contributed by atoms with E-state index >= 15 is 0 Å². The van der Waals surface area contributed by atoms with Crippen LogP contribution in [0, 0.1) is 11.8 Å². The van der Waals surface area contributed by atoms with Gasteiger partial charge in [0.1, 0.15) is 18.5 Å². The second-order valence-electron chi connectivity index (χ2n) is 8.46. The third-order valence-electron chi connectivity index (χ3n) is 5.19. The number of aliphatic hydroxyl groups is 2. The minimum atomic E-state index is -5.12. The zero-order valence-corrected chi connectivity index (χ0v) is 19.3. The van der Waals surface area contributed by atoms with E-state index < -0.39 is 37.8 Å². The minimum absolute atomic E-state index is 0.132. The molecule has 1 aromatic rings. The van der Waals surface area contributed by atoms with Gasteiger partial charge >= 0.3 is 6.18 Å². The lowest BCUT2D eigenvalue weighted by Gasteiger charge is -2.42. The number of alkyl halides is 3. The van der Waals surface area contributed by atoms with Gasteiger partial charge in [0.15, 0.2) is 8.32 Å². The zero-order chi connectivity index (χ0) is 23.2. The summed E-state index contributed by atoms with van der Waals surface area (Å²) in [6.07, 6.45) is -7.04. The summed E-state index contributed by atoms with van der Waals surface area (Å²) in [6.45, 7) is 7.78. The maximum atomic E-state index is 13.7. The summed E-state index contributed by atoms with van der Waals surface area (Å²) < 4.78 is 57.0. The molecule has 1 rings (SSSR count). The summed E-state index contributed by atoms with van der Waals surface area (Å²) in [5.74, 6) is 4.73. The van der Waals surface area contributed by atoms with Gasteiger partial charge < -0.3 is 24.1 Å². The molecule has 9 heteroatoms. The average Bonchev–Trinajstić information content (AvgIpc) is 2.64. The molecule has 0 amide bonds. The number of rotatable bonds is 8. The first kappa shape index (κ1) is 26.5. The van der Waals surface area contributed by atoms with Crippen molar-refractivity contribution in [3.05, 3.63) is 29.8 Å². The van der Waals surface area contributed by atoms with Crippen LogP contribution in [0.3, 0.4) is 0 Å². The molecule has 2 atom stereocenters. The normalized spacial score (nSPS) is 15.7. The molecule has 1 aromatic carbocycles. The molecular formula is C21H31F3O5Si. The van der Waals surface area contributed by atoms with Crippen molar-refractivity contribution in [2.24, 2.45) is 0 Å². The third-order valence-corrected chi connectivity index (χ3v) is 9.67. The number of methoxy groups -OCH3 is 1. The second-order valence-corrected chi connectivity index (χ2v) is 13.2. The van der Waals surface area contributed by atoms with E-state index in [2.05, 4.69) is 5.92 Å². The third kappa shape index (κ3) is 6.72. The number of halogens is 3. The first-order valence-electron chi connectivity index (χ1n) is 9.46. The van der Waals surface area contributed by atoms with Crippen molar-refractivity contribution in [1.29, 1.82) is 0 Å². The molecule has 30 heavy (non-hydrogen) atoms. The van der Waals surface area contributed by atoms with Crippen LogP contribution in [-0.2, 0) is 15.8 Å². The molecule has 0 radical (unpaired) electrons. The monoisotopic (exact) mass is 448 g/mol. The molecule has 0 unspecified atom stereocenters. The first-order chi connectivity index (χ1) is 13.7. The van der Waals surface area contributed by atoms with Crippen molar-refractivity contribution in [3.63, 3.8) is 0 Å². The van der Waals surface area contributed by atoms with E-state index in [1.54, 1.807) is 37.4 Å². The van der Waals surface area contributed by atoms with Crippen LogP contribution in [-0.4, -0.2) is 56.7 Å². The van der Waals surface area contributed by atoms with Gasteiger partial charge in [0, 0.05) is 0 Å². The van der Waals surface area contributed by atoms with E-state index in [1.807, 2.05) is 26.7 Å². The fraction of sp³-hybridized carbons (Fsp3) is 0.619. The molecule has 0 heterocycles. The van der Waals surface area contributed by atoms with E-state index in [4.69, 9.17) is 13.9 Å². The van der Waals surface area contributed by atoms with Gasteiger partial charge in [-0.25, -0.2) is 0 Å². The Labute approximate surface area is 177 Å². The Morgan fingerprint density at radius 1 is 1.10 bits per heavy atom. The van der Waals surface area contributed by atoms with Crippen LogP contribution in [0.15, 0.2) is 24.3 Å². The van der Waals surface area contributed by atoms with Crippen molar-refractivity contribution >= 4 is 8.32 Å². The van der Waals surface area contributed by atoms with Crippen LogP contribution in [0.5, 0.6) is 5.75 Å². The summed E-state index contributed by atoms with van der Waals surface area (Å²) in [7, 11) is -1.17. The molecule has 0 bridgehead atoms. The van der Waals surface area contributed by atoms with Gasteiger partial charge in [0.05, 0.1) is 20.3 Å². The molecule has 0 spiro atoms. The Bertz CT molecular complexity index is 732. The van der Waals surface area contributed by atoms with Gasteiger partial charge in [-0.15, -0.1) is 0 Å². The van der Waals surface area contributed by atoms with Crippen LogP contribution >= 0.6 is 0 Å². The van der Waals surface area contributed by atoms with E-state index in [9.17, 15) is 23.4 Å². The van der Waals surface area contributed by atoms with Crippen LogP contribution in [0.2, 0.25) is 18.1 Å². The fourth-order valence-electron chi connectivity index (χ4n) is 2.23. The maximum absolute atomic E-state index is 13.7. The van der Waals surface area contributed by atoms with Gasteiger partial charge in [0.25, 0.3) is 0 Å². The topological polar surface area (TPSA) is 68.2 Å². The number of benzene rings is 1. The highest BCUT2D eigenvalue weighted by Gasteiger charge is 2.60. The van der Waals surface area contributed by atoms with Gasteiger partial charge in [-0.1, -0.05) is 44.7 Å². The number of aliphatic hydroxyl groups excluding tert-OH is 1. The lowest BCUT2D eigenvalue weighted by atomic mass is 9.97.